The summed E-state index contributed by atoms with van der Waals surface area (Å²) >= 11 is 1.12. The van der Waals surface area contributed by atoms with E-state index in [0.717, 1.165) is 36.3 Å². The van der Waals surface area contributed by atoms with E-state index in [1.807, 2.05) is 14.1 Å². The lowest BCUT2D eigenvalue weighted by molar-refractivity contribution is -0.144. The van der Waals surface area contributed by atoms with E-state index < -0.39 is 45.4 Å². The van der Waals surface area contributed by atoms with Gasteiger partial charge in [-0.15, -0.1) is 11.3 Å². The minimum atomic E-state index is -3.79. The summed E-state index contributed by atoms with van der Waals surface area (Å²) < 4.78 is 62.0. The Kier molecular flexibility index (Phi) is 8.82. The molecule has 0 atom stereocenters. The first-order chi connectivity index (χ1) is 20.8. The van der Waals surface area contributed by atoms with E-state index in [9.17, 15) is 31.9 Å². The monoisotopic (exact) mass is 648 g/mol. The van der Waals surface area contributed by atoms with Crippen molar-refractivity contribution in [1.82, 2.24) is 14.2 Å². The second-order valence-corrected chi connectivity index (χ2v) is 14.4. The smallest absolute Gasteiger partial charge is 0.304 e. The van der Waals surface area contributed by atoms with Crippen LogP contribution in [0.25, 0.3) is 11.3 Å². The van der Waals surface area contributed by atoms with Gasteiger partial charge in [0, 0.05) is 37.1 Å². The van der Waals surface area contributed by atoms with Gasteiger partial charge in [-0.1, -0.05) is 0 Å². The molecule has 10 nitrogen and oxygen atoms in total. The molecular weight excluding hydrogens is 614 g/mol. The largest absolute Gasteiger partial charge is 0.496 e. The van der Waals surface area contributed by atoms with Crippen LogP contribution in [0.2, 0.25) is 0 Å². The Bertz CT molecular complexity index is 1670. The van der Waals surface area contributed by atoms with E-state index in [4.69, 9.17) is 4.74 Å². The summed E-state index contributed by atoms with van der Waals surface area (Å²) in [5.74, 6) is -3.50. The molecule has 2 heterocycles. The summed E-state index contributed by atoms with van der Waals surface area (Å²) in [7, 11) is 3.10. The second kappa shape index (κ2) is 12.1. The zero-order chi connectivity index (χ0) is 32.0. The molecule has 0 bridgehead atoms. The Labute approximate surface area is 258 Å². The summed E-state index contributed by atoms with van der Waals surface area (Å²) in [5.41, 5.74) is 0.109. The quantitative estimate of drug-likeness (QED) is 0.370. The SMILES string of the molecule is COc1ccc(S(=O)(=O)N2CCC(N(C)C)CC2)cc1-c1csc(N(C)C(=O)C2(CC(=O)O)Cc3cc(F)c(F)cc3C2)n1. The fourth-order valence-corrected chi connectivity index (χ4v) is 8.46. The number of aliphatic carboxylic acids is 1. The van der Waals surface area contributed by atoms with Gasteiger partial charge >= 0.3 is 5.97 Å². The number of anilines is 1. The molecular formula is C30H34F2N4O6S2. The first-order valence-electron chi connectivity index (χ1n) is 14.0. The molecule has 1 N–H and O–H groups in total. The lowest BCUT2D eigenvalue weighted by Crippen LogP contribution is -2.44. The molecule has 0 spiro atoms. The number of benzene rings is 2. The Hall–Kier alpha value is -3.46. The highest BCUT2D eigenvalue weighted by Crippen LogP contribution is 2.44. The maximum absolute atomic E-state index is 13.9. The van der Waals surface area contributed by atoms with Crippen LogP contribution in [0.3, 0.4) is 0 Å². The molecule has 1 aromatic heterocycles. The number of hydrogen-bond acceptors (Lipinski definition) is 8. The molecule has 0 saturated carbocycles. The summed E-state index contributed by atoms with van der Waals surface area (Å²) in [6.45, 7) is 0.809. The van der Waals surface area contributed by atoms with Crippen molar-refractivity contribution in [2.24, 2.45) is 5.41 Å². The molecule has 1 amide bonds. The zero-order valence-electron chi connectivity index (χ0n) is 24.8. The van der Waals surface area contributed by atoms with Gasteiger partial charge in [-0.3, -0.25) is 14.5 Å². The zero-order valence-corrected chi connectivity index (χ0v) is 26.5. The number of carboxylic acids is 1. The average molecular weight is 649 g/mol. The van der Waals surface area contributed by atoms with Crippen molar-refractivity contribution in [2.45, 2.75) is 43.0 Å². The van der Waals surface area contributed by atoms with Gasteiger partial charge in [0.15, 0.2) is 16.8 Å². The number of halogens is 2. The highest BCUT2D eigenvalue weighted by molar-refractivity contribution is 7.89. The van der Waals surface area contributed by atoms with Gasteiger partial charge in [0.25, 0.3) is 0 Å². The van der Waals surface area contributed by atoms with Crippen LogP contribution in [0.15, 0.2) is 40.6 Å². The predicted molar refractivity (Wildman–Crippen MR) is 161 cm³/mol. The van der Waals surface area contributed by atoms with Gasteiger partial charge in [0.2, 0.25) is 15.9 Å². The van der Waals surface area contributed by atoms with Crippen molar-refractivity contribution < 1.29 is 36.6 Å². The minimum absolute atomic E-state index is 0.0627. The molecule has 1 aliphatic carbocycles. The van der Waals surface area contributed by atoms with Gasteiger partial charge in [-0.05, 0) is 81.2 Å². The fourth-order valence-electron chi connectivity index (χ4n) is 6.17. The molecule has 1 aliphatic heterocycles. The molecule has 2 aliphatic rings. The standard InChI is InChI=1S/C30H34F2N4O6S2/c1-34(2)20-7-9-36(10-8-20)44(40,41)21-5-6-26(42-4)22(13-21)25-17-43-29(33-25)35(3)28(39)30(16-27(37)38)14-18-11-23(31)24(32)12-19(18)15-30/h5-6,11-13,17,20H,7-10,14-16H2,1-4H3,(H,37,38). The van der Waals surface area contributed by atoms with Gasteiger partial charge in [-0.25, -0.2) is 22.2 Å². The molecule has 236 valence electrons. The first-order valence-corrected chi connectivity index (χ1v) is 16.3. The summed E-state index contributed by atoms with van der Waals surface area (Å²) in [6.07, 6.45) is 0.790. The number of carboxylic acid groups (broad SMARTS) is 1. The Balaban J connectivity index is 1.42. The third-order valence-electron chi connectivity index (χ3n) is 8.57. The van der Waals surface area contributed by atoms with Crippen LogP contribution in [0.4, 0.5) is 13.9 Å². The highest BCUT2D eigenvalue weighted by atomic mass is 32.2. The van der Waals surface area contributed by atoms with Crippen molar-refractivity contribution in [1.29, 1.82) is 0 Å². The van der Waals surface area contributed by atoms with Crippen molar-refractivity contribution >= 4 is 38.4 Å². The average Bonchev–Trinajstić information content (AvgIpc) is 3.61. The van der Waals surface area contributed by atoms with E-state index in [2.05, 4.69) is 9.88 Å². The van der Waals surface area contributed by atoms with Crippen LogP contribution in [0.1, 0.15) is 30.4 Å². The number of amides is 1. The lowest BCUT2D eigenvalue weighted by atomic mass is 9.80. The predicted octanol–water partition coefficient (Wildman–Crippen LogP) is 4.03. The van der Waals surface area contributed by atoms with Crippen LogP contribution >= 0.6 is 11.3 Å². The van der Waals surface area contributed by atoms with Crippen LogP contribution in [0.5, 0.6) is 5.75 Å². The second-order valence-electron chi connectivity index (χ2n) is 11.6. The topological polar surface area (TPSA) is 120 Å². The third-order valence-corrected chi connectivity index (χ3v) is 11.4. The number of thiazole rings is 1. The number of carbonyl (C=O) groups is 2. The van der Waals surface area contributed by atoms with Crippen LogP contribution in [0, 0.1) is 17.0 Å². The third kappa shape index (κ3) is 5.95. The Morgan fingerprint density at radius 1 is 1.09 bits per heavy atom. The Morgan fingerprint density at radius 3 is 2.25 bits per heavy atom. The van der Waals surface area contributed by atoms with E-state index >= 15 is 0 Å². The van der Waals surface area contributed by atoms with Crippen LogP contribution in [-0.2, 0) is 32.5 Å². The highest BCUT2D eigenvalue weighted by Gasteiger charge is 2.48. The van der Waals surface area contributed by atoms with Crippen molar-refractivity contribution in [2.75, 3.05) is 46.2 Å². The minimum Gasteiger partial charge on any atom is -0.496 e. The number of aromatic nitrogens is 1. The number of ether oxygens (including phenoxy) is 1. The normalized spacial score (nSPS) is 17.1. The summed E-state index contributed by atoms with van der Waals surface area (Å²) in [4.78, 5) is 33.8. The molecule has 2 aromatic carbocycles. The molecule has 14 heteroatoms. The number of nitrogens with zero attached hydrogens (tertiary/aromatic N) is 4. The van der Waals surface area contributed by atoms with Crippen LogP contribution in [-0.4, -0.2) is 87.0 Å². The van der Waals surface area contributed by atoms with Crippen molar-refractivity contribution in [3.63, 3.8) is 0 Å². The van der Waals surface area contributed by atoms with Crippen molar-refractivity contribution in [3.8, 4) is 17.0 Å². The maximum Gasteiger partial charge on any atom is 0.304 e. The van der Waals surface area contributed by atoms with E-state index in [-0.39, 0.29) is 22.9 Å². The number of piperidine rings is 1. The maximum atomic E-state index is 13.9. The summed E-state index contributed by atoms with van der Waals surface area (Å²) in [6, 6.07) is 6.92. The molecule has 0 radical (unpaired) electrons. The number of rotatable bonds is 9. The van der Waals surface area contributed by atoms with Gasteiger partial charge < -0.3 is 14.7 Å². The number of hydrogen-bond donors (Lipinski definition) is 1. The van der Waals surface area contributed by atoms with Crippen molar-refractivity contribution in [3.05, 3.63) is 58.5 Å². The number of fused-ring (bicyclic) bond motifs is 1. The molecule has 5 rings (SSSR count). The first kappa shape index (κ1) is 31.9. The Morgan fingerprint density at radius 2 is 1.70 bits per heavy atom. The molecule has 1 fully saturated rings. The molecule has 0 unspecified atom stereocenters. The van der Waals surface area contributed by atoms with Gasteiger partial charge in [0.1, 0.15) is 5.75 Å². The lowest BCUT2D eigenvalue weighted by Gasteiger charge is -2.34. The van der Waals surface area contributed by atoms with E-state index in [1.54, 1.807) is 11.4 Å². The van der Waals surface area contributed by atoms with Gasteiger partial charge in [0.05, 0.1) is 29.5 Å². The molecule has 3 aromatic rings. The van der Waals surface area contributed by atoms with E-state index in [1.165, 1.54) is 35.5 Å². The number of methoxy groups -OCH3 is 1. The van der Waals surface area contributed by atoms with Crippen LogP contribution < -0.4 is 9.64 Å². The molecule has 44 heavy (non-hydrogen) atoms. The molecule has 1 saturated heterocycles. The van der Waals surface area contributed by atoms with E-state index in [0.29, 0.717) is 47.3 Å². The number of sulfonamides is 1. The van der Waals surface area contributed by atoms with Gasteiger partial charge in [-0.2, -0.15) is 4.31 Å². The fraction of sp³-hybridized carbons (Fsp3) is 0.433. The number of carbonyl (C=O) groups excluding carboxylic acids is 1. The summed E-state index contributed by atoms with van der Waals surface area (Å²) in [5, 5.41) is 11.6.